The lowest BCUT2D eigenvalue weighted by Gasteiger charge is -2.43. The van der Waals surface area contributed by atoms with Crippen LogP contribution in [0.3, 0.4) is 0 Å². The molecule has 1 amide bonds. The van der Waals surface area contributed by atoms with Gasteiger partial charge < -0.3 is 14.4 Å². The predicted octanol–water partition coefficient (Wildman–Crippen LogP) is 1.70. The molecule has 1 aliphatic rings. The number of carbonyl (C=O) groups is 1. The molecule has 1 saturated heterocycles. The Labute approximate surface area is 119 Å². The highest BCUT2D eigenvalue weighted by atomic mass is 32.3. The molecule has 0 spiro atoms. The van der Waals surface area contributed by atoms with Gasteiger partial charge in [-0.25, -0.2) is 4.79 Å². The zero-order valence-corrected chi connectivity index (χ0v) is 13.1. The van der Waals surface area contributed by atoms with Crippen LogP contribution in [0.5, 0.6) is 0 Å². The normalized spacial score (nSPS) is 19.4. The summed E-state index contributed by atoms with van der Waals surface area (Å²) in [5, 5.41) is 0. The number of rotatable bonds is 3. The third kappa shape index (κ3) is 4.90. The molecule has 8 heteroatoms. The number of halogens is 1. The second-order valence-corrected chi connectivity index (χ2v) is 7.43. The molecule has 0 aromatic heterocycles. The van der Waals surface area contributed by atoms with Crippen molar-refractivity contribution < 1.29 is 26.6 Å². The summed E-state index contributed by atoms with van der Waals surface area (Å²) in [6.45, 7) is 5.69. The molecule has 1 aliphatic heterocycles. The molecule has 0 unspecified atom stereocenters. The van der Waals surface area contributed by atoms with Crippen LogP contribution in [-0.2, 0) is 19.7 Å². The number of carbonyl (C=O) groups excluding carboxylic acids is 1. The lowest BCUT2D eigenvalue weighted by Crippen LogP contribution is -2.57. The van der Waals surface area contributed by atoms with E-state index in [0.717, 1.165) is 0 Å². The first-order valence-electron chi connectivity index (χ1n) is 6.42. The van der Waals surface area contributed by atoms with Crippen LogP contribution in [0.2, 0.25) is 0 Å². The average molecular weight is 311 g/mol. The van der Waals surface area contributed by atoms with E-state index in [9.17, 15) is 17.1 Å². The van der Waals surface area contributed by atoms with Crippen LogP contribution >= 0.6 is 0 Å². The number of hydrogen-bond donors (Lipinski definition) is 0. The van der Waals surface area contributed by atoms with Gasteiger partial charge in [0, 0.05) is 20.3 Å². The van der Waals surface area contributed by atoms with Crippen LogP contribution in [0.25, 0.3) is 0 Å². The van der Waals surface area contributed by atoms with E-state index in [2.05, 4.69) is 0 Å². The van der Waals surface area contributed by atoms with Crippen molar-refractivity contribution in [2.45, 2.75) is 44.8 Å². The highest BCUT2D eigenvalue weighted by Gasteiger charge is 2.44. The zero-order valence-electron chi connectivity index (χ0n) is 12.3. The fourth-order valence-electron chi connectivity index (χ4n) is 2.17. The van der Waals surface area contributed by atoms with Gasteiger partial charge in [0.25, 0.3) is 0 Å². The van der Waals surface area contributed by atoms with Crippen molar-refractivity contribution in [1.82, 2.24) is 4.90 Å². The van der Waals surface area contributed by atoms with E-state index in [4.69, 9.17) is 9.47 Å². The van der Waals surface area contributed by atoms with Crippen molar-refractivity contribution in [3.8, 4) is 0 Å². The van der Waals surface area contributed by atoms with Gasteiger partial charge in [-0.1, -0.05) is 0 Å². The Morgan fingerprint density at radius 2 is 1.85 bits per heavy atom. The van der Waals surface area contributed by atoms with Gasteiger partial charge in [-0.05, 0) is 33.6 Å². The minimum atomic E-state index is -4.71. The summed E-state index contributed by atoms with van der Waals surface area (Å²) in [5.74, 6) is -0.737. The lowest BCUT2D eigenvalue weighted by atomic mass is 9.91. The molecule has 0 aromatic rings. The van der Waals surface area contributed by atoms with E-state index in [0.29, 0.717) is 0 Å². The maximum absolute atomic E-state index is 13.1. The molecule has 0 bridgehead atoms. The second kappa shape index (κ2) is 5.85. The van der Waals surface area contributed by atoms with Crippen LogP contribution < -0.4 is 0 Å². The predicted molar refractivity (Wildman–Crippen MR) is 71.7 cm³/mol. The molecule has 0 saturated carbocycles. The molecule has 20 heavy (non-hydrogen) atoms. The number of hydrogen-bond acceptors (Lipinski definition) is 5. The van der Waals surface area contributed by atoms with E-state index < -0.39 is 33.2 Å². The van der Waals surface area contributed by atoms with Crippen LogP contribution in [0.1, 0.15) is 33.6 Å². The first-order chi connectivity index (χ1) is 8.95. The van der Waals surface area contributed by atoms with Crippen molar-refractivity contribution in [3.63, 3.8) is 0 Å². The first kappa shape index (κ1) is 17.2. The Morgan fingerprint density at radius 1 is 1.35 bits per heavy atom. The largest absolute Gasteiger partial charge is 0.444 e. The first-order valence-corrected chi connectivity index (χ1v) is 7.97. The third-order valence-electron chi connectivity index (χ3n) is 3.24. The zero-order chi connectivity index (χ0) is 15.6. The smallest absolute Gasteiger partial charge is 0.410 e. The van der Waals surface area contributed by atoms with Crippen molar-refractivity contribution in [2.24, 2.45) is 0 Å². The molecule has 0 aromatic carbocycles. The van der Waals surface area contributed by atoms with Crippen molar-refractivity contribution >= 4 is 16.3 Å². The summed E-state index contributed by atoms with van der Waals surface area (Å²) in [6.07, 6.45) is -0.152. The third-order valence-corrected chi connectivity index (χ3v) is 4.13. The van der Waals surface area contributed by atoms with Crippen molar-refractivity contribution in [3.05, 3.63) is 0 Å². The van der Waals surface area contributed by atoms with E-state index >= 15 is 0 Å². The van der Waals surface area contributed by atoms with Crippen molar-refractivity contribution in [1.29, 1.82) is 0 Å². The molecule has 1 fully saturated rings. The van der Waals surface area contributed by atoms with Crippen LogP contribution in [0.15, 0.2) is 0 Å². The van der Waals surface area contributed by atoms with Gasteiger partial charge >= 0.3 is 16.3 Å². The summed E-state index contributed by atoms with van der Waals surface area (Å²) >= 11 is 0. The maximum atomic E-state index is 13.1. The van der Waals surface area contributed by atoms with Gasteiger partial charge in [-0.15, -0.1) is 3.89 Å². The molecular formula is C12H22FNO5S. The summed E-state index contributed by atoms with van der Waals surface area (Å²) in [4.78, 5) is 13.3. The van der Waals surface area contributed by atoms with Crippen LogP contribution in [0, 0.1) is 0 Å². The van der Waals surface area contributed by atoms with Gasteiger partial charge in [0.15, 0.2) is 0 Å². The molecule has 0 radical (unpaired) electrons. The minimum absolute atomic E-state index is 0.256. The van der Waals surface area contributed by atoms with Gasteiger partial charge in [0.1, 0.15) is 11.4 Å². The molecule has 0 aliphatic carbocycles. The Bertz CT molecular complexity index is 451. The fraction of sp³-hybridized carbons (Fsp3) is 0.917. The van der Waals surface area contributed by atoms with Gasteiger partial charge in [-0.3, -0.25) is 0 Å². The van der Waals surface area contributed by atoms with E-state index in [1.54, 1.807) is 20.8 Å². The highest BCUT2D eigenvalue weighted by Crippen LogP contribution is 2.30. The highest BCUT2D eigenvalue weighted by molar-refractivity contribution is 7.86. The fourth-order valence-corrected chi connectivity index (χ4v) is 3.30. The molecular weight excluding hydrogens is 289 g/mol. The van der Waals surface area contributed by atoms with Gasteiger partial charge in [0.2, 0.25) is 0 Å². The minimum Gasteiger partial charge on any atom is -0.444 e. The SMILES string of the molecule is CN(C(=O)OC(C)(C)C)C1(CS(=O)(=O)F)CCOCC1. The molecule has 1 heterocycles. The maximum Gasteiger partial charge on any atom is 0.410 e. The van der Waals surface area contributed by atoms with E-state index in [1.165, 1.54) is 11.9 Å². The topological polar surface area (TPSA) is 72.9 Å². The standard InChI is InChI=1S/C12H22FNO5S/c1-11(2,3)19-10(15)14(4)12(9-20(13,16)17)5-7-18-8-6-12/h5-9H2,1-4H3. The summed E-state index contributed by atoms with van der Waals surface area (Å²) in [6, 6.07) is 0. The van der Waals surface area contributed by atoms with Crippen LogP contribution in [-0.4, -0.2) is 56.6 Å². The Kier molecular flexibility index (Phi) is 5.02. The molecule has 118 valence electrons. The molecule has 0 atom stereocenters. The van der Waals surface area contributed by atoms with Gasteiger partial charge in [0.05, 0.1) is 5.54 Å². The van der Waals surface area contributed by atoms with Crippen LogP contribution in [0.4, 0.5) is 8.68 Å². The number of nitrogens with zero attached hydrogens (tertiary/aromatic N) is 1. The summed E-state index contributed by atoms with van der Waals surface area (Å²) in [5.41, 5.74) is -1.82. The van der Waals surface area contributed by atoms with Gasteiger partial charge in [-0.2, -0.15) is 8.42 Å². The van der Waals surface area contributed by atoms with E-state index in [-0.39, 0.29) is 26.1 Å². The average Bonchev–Trinajstić information content (AvgIpc) is 2.24. The summed E-state index contributed by atoms with van der Waals surface area (Å²) < 4.78 is 45.6. The Balaban J connectivity index is 2.95. The monoisotopic (exact) mass is 311 g/mol. The van der Waals surface area contributed by atoms with Crippen molar-refractivity contribution in [2.75, 3.05) is 26.0 Å². The summed E-state index contributed by atoms with van der Waals surface area (Å²) in [7, 11) is -3.27. The lowest BCUT2D eigenvalue weighted by molar-refractivity contribution is -0.0279. The Morgan fingerprint density at radius 3 is 2.25 bits per heavy atom. The second-order valence-electron chi connectivity index (χ2n) is 6.06. The number of ether oxygens (including phenoxy) is 2. The quantitative estimate of drug-likeness (QED) is 0.742. The Hall–Kier alpha value is -0.890. The number of amides is 1. The van der Waals surface area contributed by atoms with E-state index in [1.807, 2.05) is 0 Å². The molecule has 0 N–H and O–H groups in total. The molecule has 1 rings (SSSR count). The molecule has 6 nitrogen and oxygen atoms in total.